The van der Waals surface area contributed by atoms with Crippen LogP contribution in [0, 0.1) is 4.77 Å². The third-order valence-corrected chi connectivity index (χ3v) is 4.23. The third-order valence-electron chi connectivity index (χ3n) is 4.03. The monoisotopic (exact) mass is 295 g/mol. The second kappa shape index (κ2) is 4.36. The van der Waals surface area contributed by atoms with Crippen molar-refractivity contribution < 1.29 is 0 Å². The van der Waals surface area contributed by atoms with Crippen molar-refractivity contribution in [2.75, 3.05) is 0 Å². The molecule has 21 heavy (non-hydrogen) atoms. The van der Waals surface area contributed by atoms with E-state index in [0.717, 1.165) is 24.1 Å². The highest BCUT2D eigenvalue weighted by molar-refractivity contribution is 7.71. The second-order valence-corrected chi connectivity index (χ2v) is 5.97. The van der Waals surface area contributed by atoms with Crippen LogP contribution >= 0.6 is 12.2 Å². The van der Waals surface area contributed by atoms with E-state index in [1.807, 2.05) is 0 Å². The maximum Gasteiger partial charge on any atom is 0.257 e. The van der Waals surface area contributed by atoms with Crippen LogP contribution < -0.4 is 5.56 Å². The van der Waals surface area contributed by atoms with Gasteiger partial charge in [-0.2, -0.15) is 0 Å². The normalized spacial score (nSPS) is 15.8. The molecule has 1 aromatic carbocycles. The van der Waals surface area contributed by atoms with E-state index in [1.165, 1.54) is 16.7 Å². The summed E-state index contributed by atoms with van der Waals surface area (Å²) >= 11 is 4.98. The maximum absolute atomic E-state index is 11.9. The van der Waals surface area contributed by atoms with Gasteiger partial charge in [-0.3, -0.25) is 9.78 Å². The summed E-state index contributed by atoms with van der Waals surface area (Å²) in [5.74, 6) is 0.587. The Kier molecular flexibility index (Phi) is 2.59. The predicted molar refractivity (Wildman–Crippen MR) is 85.1 cm³/mol. The highest BCUT2D eigenvalue weighted by Gasteiger charge is 2.21. The number of nitrogens with zero attached hydrogens (tertiary/aromatic N) is 1. The van der Waals surface area contributed by atoms with E-state index in [9.17, 15) is 4.79 Å². The Morgan fingerprint density at radius 2 is 1.95 bits per heavy atom. The smallest absolute Gasteiger partial charge is 0.257 e. The fourth-order valence-electron chi connectivity index (χ4n) is 3.01. The molecular weight excluding hydrogens is 282 g/mol. The lowest BCUT2D eigenvalue weighted by Gasteiger charge is -2.03. The number of aromatic nitrogens is 2. The van der Waals surface area contributed by atoms with Gasteiger partial charge in [0.05, 0.1) is 11.3 Å². The number of aromatic amines is 2. The highest BCUT2D eigenvalue weighted by atomic mass is 32.1. The Bertz CT molecular complexity index is 933. The molecule has 1 aliphatic carbocycles. The fourth-order valence-corrected chi connectivity index (χ4v) is 3.20. The predicted octanol–water partition coefficient (Wildman–Crippen LogP) is 2.76. The minimum atomic E-state index is -0.151. The van der Waals surface area contributed by atoms with Crippen molar-refractivity contribution in [3.05, 3.63) is 67.7 Å². The molecule has 0 atom stereocenters. The maximum atomic E-state index is 11.9. The molecule has 104 valence electrons. The quantitative estimate of drug-likeness (QED) is 0.628. The van der Waals surface area contributed by atoms with E-state index < -0.39 is 0 Å². The van der Waals surface area contributed by atoms with Gasteiger partial charge in [0, 0.05) is 6.42 Å². The van der Waals surface area contributed by atoms with Crippen LogP contribution in [0.2, 0.25) is 0 Å². The number of allylic oxidation sites excluding steroid dienone is 1. The van der Waals surface area contributed by atoms with Gasteiger partial charge < -0.3 is 4.98 Å². The molecule has 0 saturated heterocycles. The summed E-state index contributed by atoms with van der Waals surface area (Å²) in [7, 11) is 0. The van der Waals surface area contributed by atoms with Crippen LogP contribution in [0.1, 0.15) is 22.3 Å². The van der Waals surface area contributed by atoms with Gasteiger partial charge in [0.15, 0.2) is 4.77 Å². The summed E-state index contributed by atoms with van der Waals surface area (Å²) in [6.07, 6.45) is 2.44. The number of hydrogen-bond donors (Lipinski definition) is 2. The lowest BCUT2D eigenvalue weighted by atomic mass is 10.0. The minimum absolute atomic E-state index is 0.151. The lowest BCUT2D eigenvalue weighted by molar-refractivity contribution is 1.05. The average Bonchev–Trinajstić information content (AvgIpc) is 2.99. The average molecular weight is 295 g/mol. The SMILES string of the molecule is C=C1Cc2ccc(C3=Nc4[nH]c(=S)[nH]c(=O)c4C3)cc2C1. The molecule has 0 amide bonds. The Morgan fingerprint density at radius 3 is 2.81 bits per heavy atom. The first kappa shape index (κ1) is 12.5. The number of nitrogens with one attached hydrogen (secondary N) is 2. The molecule has 0 spiro atoms. The summed E-state index contributed by atoms with van der Waals surface area (Å²) in [5.41, 5.74) is 6.39. The van der Waals surface area contributed by atoms with Gasteiger partial charge in [0.1, 0.15) is 5.82 Å². The third kappa shape index (κ3) is 2.01. The zero-order valence-electron chi connectivity index (χ0n) is 11.3. The first-order valence-electron chi connectivity index (χ1n) is 6.82. The standard InChI is InChI=1S/C16H13N3OS/c1-8-4-9-2-3-10(6-11(9)5-8)13-7-12-14(17-13)18-16(21)19-15(12)20/h2-3,6H,1,4-5,7H2,(H2,18,19,20,21). The molecule has 2 aliphatic rings. The fraction of sp³-hybridized carbons (Fsp3) is 0.188. The molecule has 0 unspecified atom stereocenters. The molecule has 4 rings (SSSR count). The topological polar surface area (TPSA) is 61.0 Å². The van der Waals surface area contributed by atoms with Crippen molar-refractivity contribution in [3.8, 4) is 0 Å². The first-order valence-corrected chi connectivity index (χ1v) is 7.23. The van der Waals surface area contributed by atoms with Gasteiger partial charge in [-0.25, -0.2) is 4.99 Å². The van der Waals surface area contributed by atoms with E-state index in [-0.39, 0.29) is 5.56 Å². The summed E-state index contributed by atoms with van der Waals surface area (Å²) in [5, 5.41) is 0. The van der Waals surface area contributed by atoms with Gasteiger partial charge in [0.2, 0.25) is 0 Å². The molecule has 2 aromatic rings. The van der Waals surface area contributed by atoms with Crippen LogP contribution in [0.3, 0.4) is 0 Å². The molecule has 2 N–H and O–H groups in total. The van der Waals surface area contributed by atoms with E-state index in [4.69, 9.17) is 12.2 Å². The van der Waals surface area contributed by atoms with Gasteiger partial charge in [0.25, 0.3) is 5.56 Å². The number of hydrogen-bond acceptors (Lipinski definition) is 3. The van der Waals surface area contributed by atoms with Crippen LogP contribution in [0.5, 0.6) is 0 Å². The van der Waals surface area contributed by atoms with Crippen molar-refractivity contribution in [2.45, 2.75) is 19.3 Å². The number of benzene rings is 1. The van der Waals surface area contributed by atoms with Crippen molar-refractivity contribution in [3.63, 3.8) is 0 Å². The first-order chi connectivity index (χ1) is 10.1. The Balaban J connectivity index is 1.77. The molecule has 2 heterocycles. The molecule has 1 aliphatic heterocycles. The van der Waals surface area contributed by atoms with Crippen molar-refractivity contribution in [1.82, 2.24) is 9.97 Å². The van der Waals surface area contributed by atoms with Gasteiger partial charge in [-0.1, -0.05) is 24.3 Å². The van der Waals surface area contributed by atoms with Crippen LogP contribution in [0.25, 0.3) is 0 Å². The number of H-pyrrole nitrogens is 2. The van der Waals surface area contributed by atoms with Gasteiger partial charge in [-0.05, 0) is 47.8 Å². The van der Waals surface area contributed by atoms with Gasteiger partial charge in [-0.15, -0.1) is 0 Å². The number of fused-ring (bicyclic) bond motifs is 2. The number of rotatable bonds is 1. The molecule has 0 fully saturated rings. The molecule has 1 aromatic heterocycles. The zero-order chi connectivity index (χ0) is 14.6. The lowest BCUT2D eigenvalue weighted by Crippen LogP contribution is -2.14. The molecule has 5 heteroatoms. The Morgan fingerprint density at radius 1 is 1.14 bits per heavy atom. The van der Waals surface area contributed by atoms with Crippen LogP contribution in [0.15, 0.2) is 40.1 Å². The van der Waals surface area contributed by atoms with E-state index >= 15 is 0 Å². The summed E-state index contributed by atoms with van der Waals surface area (Å²) in [6.45, 7) is 4.06. The van der Waals surface area contributed by atoms with E-state index in [1.54, 1.807) is 0 Å². The molecule has 0 bridgehead atoms. The highest BCUT2D eigenvalue weighted by Crippen LogP contribution is 2.29. The second-order valence-electron chi connectivity index (χ2n) is 5.56. The van der Waals surface area contributed by atoms with E-state index in [0.29, 0.717) is 22.6 Å². The van der Waals surface area contributed by atoms with Crippen molar-refractivity contribution >= 4 is 23.7 Å². The van der Waals surface area contributed by atoms with Gasteiger partial charge >= 0.3 is 0 Å². The summed E-state index contributed by atoms with van der Waals surface area (Å²) < 4.78 is 0.314. The zero-order valence-corrected chi connectivity index (χ0v) is 12.1. The Hall–Kier alpha value is -2.27. The van der Waals surface area contributed by atoms with Crippen molar-refractivity contribution in [2.24, 2.45) is 4.99 Å². The summed E-state index contributed by atoms with van der Waals surface area (Å²) in [4.78, 5) is 22.0. The van der Waals surface area contributed by atoms with Crippen LogP contribution in [0.4, 0.5) is 5.82 Å². The summed E-state index contributed by atoms with van der Waals surface area (Å²) in [6, 6.07) is 6.38. The molecule has 4 nitrogen and oxygen atoms in total. The molecule has 0 saturated carbocycles. The van der Waals surface area contributed by atoms with Crippen LogP contribution in [-0.2, 0) is 19.3 Å². The molecule has 0 radical (unpaired) electrons. The Labute approximate surface area is 126 Å². The number of aliphatic imine (C=N–C) groups is 1. The molecular formula is C16H13N3OS. The largest absolute Gasteiger partial charge is 0.317 e. The van der Waals surface area contributed by atoms with E-state index in [2.05, 4.69) is 39.7 Å². The van der Waals surface area contributed by atoms with Crippen molar-refractivity contribution in [1.29, 1.82) is 0 Å². The minimum Gasteiger partial charge on any atom is -0.317 e. The van der Waals surface area contributed by atoms with Crippen LogP contribution in [-0.4, -0.2) is 15.7 Å².